The van der Waals surface area contributed by atoms with Crippen molar-refractivity contribution in [1.82, 2.24) is 25.1 Å². The van der Waals surface area contributed by atoms with Crippen LogP contribution in [0.4, 0.5) is 23.3 Å². The number of aromatic amines is 2. The largest absolute Gasteiger partial charge is 0.361 e. The molecule has 4 N–H and O–H groups in total. The molecule has 8 nitrogen and oxygen atoms in total. The van der Waals surface area contributed by atoms with Crippen molar-refractivity contribution in [1.29, 1.82) is 0 Å². The van der Waals surface area contributed by atoms with E-state index in [2.05, 4.69) is 35.8 Å². The fourth-order valence-corrected chi connectivity index (χ4v) is 3.22. The monoisotopic (exact) mass is 395 g/mol. The molecule has 0 amide bonds. The first kappa shape index (κ1) is 17.6. The third-order valence-electron chi connectivity index (χ3n) is 4.65. The molecular formula is C22H17N7O. The number of carbonyl (C=O) groups is 1. The first-order valence-electron chi connectivity index (χ1n) is 9.34. The van der Waals surface area contributed by atoms with E-state index in [-0.39, 0.29) is 5.78 Å². The van der Waals surface area contributed by atoms with Gasteiger partial charge in [0.1, 0.15) is 11.6 Å². The van der Waals surface area contributed by atoms with Crippen LogP contribution in [0.2, 0.25) is 0 Å². The molecule has 2 aromatic carbocycles. The Labute approximate surface area is 171 Å². The number of benzene rings is 2. The van der Waals surface area contributed by atoms with Crippen molar-refractivity contribution in [2.24, 2.45) is 0 Å². The molecule has 3 heterocycles. The normalized spacial score (nSPS) is 10.8. The van der Waals surface area contributed by atoms with Gasteiger partial charge in [0, 0.05) is 40.7 Å². The number of carbonyl (C=O) groups excluding carboxylic acids is 1. The summed E-state index contributed by atoms with van der Waals surface area (Å²) >= 11 is 0. The van der Waals surface area contributed by atoms with Crippen LogP contribution in [0.25, 0.3) is 10.9 Å². The number of anilines is 4. The van der Waals surface area contributed by atoms with Crippen molar-refractivity contribution in [3.05, 3.63) is 90.4 Å². The third kappa shape index (κ3) is 3.49. The number of nitrogens with zero attached hydrogens (tertiary/aromatic N) is 3. The average molecular weight is 395 g/mol. The van der Waals surface area contributed by atoms with Crippen LogP contribution in [0.1, 0.15) is 15.9 Å². The lowest BCUT2D eigenvalue weighted by Crippen LogP contribution is -2.03. The molecule has 0 radical (unpaired) electrons. The van der Waals surface area contributed by atoms with Gasteiger partial charge in [0.15, 0.2) is 5.78 Å². The van der Waals surface area contributed by atoms with Gasteiger partial charge in [-0.1, -0.05) is 12.1 Å². The number of para-hydroxylation sites is 1. The predicted octanol–water partition coefficient (Wildman–Crippen LogP) is 4.40. The number of fused-ring (bicyclic) bond motifs is 1. The van der Waals surface area contributed by atoms with E-state index < -0.39 is 0 Å². The molecule has 5 aromatic rings. The number of hydrogen-bond acceptors (Lipinski definition) is 6. The molecule has 0 bridgehead atoms. The molecule has 3 aromatic heterocycles. The van der Waals surface area contributed by atoms with Crippen LogP contribution in [0.3, 0.4) is 0 Å². The van der Waals surface area contributed by atoms with Crippen LogP contribution < -0.4 is 10.6 Å². The van der Waals surface area contributed by atoms with E-state index in [1.54, 1.807) is 36.7 Å². The zero-order valence-electron chi connectivity index (χ0n) is 15.8. The Morgan fingerprint density at radius 2 is 1.80 bits per heavy atom. The quantitative estimate of drug-likeness (QED) is 0.317. The van der Waals surface area contributed by atoms with E-state index in [9.17, 15) is 4.79 Å². The third-order valence-corrected chi connectivity index (χ3v) is 4.65. The second-order valence-electron chi connectivity index (χ2n) is 6.64. The molecule has 0 atom stereocenters. The maximum atomic E-state index is 12.9. The molecule has 0 spiro atoms. The summed E-state index contributed by atoms with van der Waals surface area (Å²) in [5, 5.41) is 14.0. The summed E-state index contributed by atoms with van der Waals surface area (Å²) in [7, 11) is 0. The average Bonchev–Trinajstić information content (AvgIpc) is 3.46. The summed E-state index contributed by atoms with van der Waals surface area (Å²) in [6.07, 6.45) is 5.14. The lowest BCUT2D eigenvalue weighted by Gasteiger charge is -2.08. The first-order chi connectivity index (χ1) is 14.8. The number of nitrogens with one attached hydrogen (secondary N) is 4. The second-order valence-corrected chi connectivity index (χ2v) is 6.64. The maximum absolute atomic E-state index is 12.9. The molecule has 8 heteroatoms. The highest BCUT2D eigenvalue weighted by atomic mass is 16.1. The number of aromatic nitrogens is 5. The fraction of sp³-hybridized carbons (Fsp3) is 0. The van der Waals surface area contributed by atoms with Gasteiger partial charge in [-0.05, 0) is 42.5 Å². The van der Waals surface area contributed by atoms with E-state index in [1.807, 2.05) is 42.6 Å². The number of rotatable bonds is 6. The van der Waals surface area contributed by atoms with E-state index in [0.29, 0.717) is 28.7 Å². The molecule has 0 unspecified atom stereocenters. The highest BCUT2D eigenvalue weighted by Crippen LogP contribution is 2.22. The van der Waals surface area contributed by atoms with Gasteiger partial charge in [-0.3, -0.25) is 9.89 Å². The zero-order chi connectivity index (χ0) is 20.3. The van der Waals surface area contributed by atoms with Gasteiger partial charge >= 0.3 is 0 Å². The molecule has 5 rings (SSSR count). The highest BCUT2D eigenvalue weighted by molar-refractivity contribution is 6.15. The van der Waals surface area contributed by atoms with Crippen molar-refractivity contribution in [2.45, 2.75) is 0 Å². The van der Waals surface area contributed by atoms with Crippen LogP contribution in [0, 0.1) is 0 Å². The van der Waals surface area contributed by atoms with Crippen molar-refractivity contribution in [2.75, 3.05) is 10.6 Å². The minimum absolute atomic E-state index is 0.0253. The van der Waals surface area contributed by atoms with Crippen molar-refractivity contribution >= 4 is 40.0 Å². The minimum atomic E-state index is -0.0253. The minimum Gasteiger partial charge on any atom is -0.361 e. The van der Waals surface area contributed by atoms with Crippen molar-refractivity contribution in [3.63, 3.8) is 0 Å². The summed E-state index contributed by atoms with van der Waals surface area (Å²) in [5.74, 6) is 1.74. The second kappa shape index (κ2) is 7.51. The van der Waals surface area contributed by atoms with Gasteiger partial charge in [0.2, 0.25) is 5.95 Å². The Morgan fingerprint density at radius 1 is 0.900 bits per heavy atom. The number of H-pyrrole nitrogens is 2. The Hall–Kier alpha value is -4.46. The lowest BCUT2D eigenvalue weighted by molar-refractivity contribution is 0.104. The molecule has 0 saturated carbocycles. The van der Waals surface area contributed by atoms with Crippen LogP contribution in [0.5, 0.6) is 0 Å². The van der Waals surface area contributed by atoms with Gasteiger partial charge in [-0.15, -0.1) is 0 Å². The van der Waals surface area contributed by atoms with E-state index in [1.165, 1.54) is 0 Å². The van der Waals surface area contributed by atoms with E-state index >= 15 is 0 Å². The Kier molecular flexibility index (Phi) is 4.41. The summed E-state index contributed by atoms with van der Waals surface area (Å²) < 4.78 is 0. The highest BCUT2D eigenvalue weighted by Gasteiger charge is 2.13. The Balaban J connectivity index is 1.33. The first-order valence-corrected chi connectivity index (χ1v) is 9.34. The summed E-state index contributed by atoms with van der Waals surface area (Å²) in [4.78, 5) is 24.7. The van der Waals surface area contributed by atoms with Crippen molar-refractivity contribution < 1.29 is 4.79 Å². The predicted molar refractivity (Wildman–Crippen MR) is 115 cm³/mol. The SMILES string of the molecule is O=C(c1ccc(Nc2ccnc(Nc3ccn[nH]3)n2)cc1)c1cccc2cc[nH]c12. The fourth-order valence-electron chi connectivity index (χ4n) is 3.22. The molecular weight excluding hydrogens is 378 g/mol. The van der Waals surface area contributed by atoms with Gasteiger partial charge in [0.05, 0.1) is 11.7 Å². The molecule has 0 aliphatic rings. The summed E-state index contributed by atoms with van der Waals surface area (Å²) in [6.45, 7) is 0. The van der Waals surface area contributed by atoms with Gasteiger partial charge < -0.3 is 15.6 Å². The van der Waals surface area contributed by atoms with Crippen LogP contribution in [-0.2, 0) is 0 Å². The molecule has 0 fully saturated rings. The lowest BCUT2D eigenvalue weighted by atomic mass is 10.0. The van der Waals surface area contributed by atoms with E-state index in [0.717, 1.165) is 16.6 Å². The van der Waals surface area contributed by atoms with Crippen molar-refractivity contribution in [3.8, 4) is 0 Å². The molecule has 146 valence electrons. The standard InChI is InChI=1S/C22H17N7O/c30-21(17-3-1-2-14-8-11-23-20(14)17)15-4-6-16(7-5-15)26-18-9-12-24-22(27-18)28-19-10-13-25-29-19/h1-13,23H,(H3,24,25,26,27,28,29). The van der Waals surface area contributed by atoms with Gasteiger partial charge in [0.25, 0.3) is 0 Å². The molecule has 0 saturated heterocycles. The zero-order valence-corrected chi connectivity index (χ0v) is 15.8. The maximum Gasteiger partial charge on any atom is 0.230 e. The number of hydrogen-bond donors (Lipinski definition) is 4. The Morgan fingerprint density at radius 3 is 2.63 bits per heavy atom. The number of ketones is 1. The van der Waals surface area contributed by atoms with Crippen LogP contribution in [-0.4, -0.2) is 30.9 Å². The summed E-state index contributed by atoms with van der Waals surface area (Å²) in [5.41, 5.74) is 2.94. The summed E-state index contributed by atoms with van der Waals surface area (Å²) in [6, 6.07) is 18.5. The Bertz CT molecular complexity index is 1310. The van der Waals surface area contributed by atoms with Gasteiger partial charge in [-0.25, -0.2) is 4.98 Å². The smallest absolute Gasteiger partial charge is 0.230 e. The van der Waals surface area contributed by atoms with E-state index in [4.69, 9.17) is 0 Å². The van der Waals surface area contributed by atoms with Crippen LogP contribution in [0.15, 0.2) is 79.3 Å². The topological polar surface area (TPSA) is 111 Å². The molecule has 0 aliphatic carbocycles. The molecule has 30 heavy (non-hydrogen) atoms. The van der Waals surface area contributed by atoms with Gasteiger partial charge in [-0.2, -0.15) is 10.1 Å². The van der Waals surface area contributed by atoms with Crippen LogP contribution >= 0.6 is 0 Å². The molecule has 0 aliphatic heterocycles.